The van der Waals surface area contributed by atoms with Crippen molar-refractivity contribution in [3.05, 3.63) is 111 Å². The van der Waals surface area contributed by atoms with Gasteiger partial charge in [-0.1, -0.05) is 36.4 Å². The van der Waals surface area contributed by atoms with Gasteiger partial charge in [0.15, 0.2) is 5.78 Å². The molecule has 0 fully saturated rings. The minimum atomic E-state index is -1.14. The predicted octanol–water partition coefficient (Wildman–Crippen LogP) is 5.41. The van der Waals surface area contributed by atoms with Gasteiger partial charge in [0, 0.05) is 27.8 Å². The molecule has 206 valence electrons. The number of para-hydroxylation sites is 1. The van der Waals surface area contributed by atoms with Gasteiger partial charge in [-0.3, -0.25) is 14.5 Å². The van der Waals surface area contributed by atoms with E-state index in [0.29, 0.717) is 16.9 Å². The number of nitrogens with zero attached hydrogens (tertiary/aromatic N) is 1. The second kappa shape index (κ2) is 11.5. The first-order chi connectivity index (χ1) is 19.4. The second-order valence-electron chi connectivity index (χ2n) is 9.46. The summed E-state index contributed by atoms with van der Waals surface area (Å²) in [6.45, 7) is 3.53. The average Bonchev–Trinajstić information content (AvgIpc) is 3.48. The molecule has 1 aliphatic carbocycles. The van der Waals surface area contributed by atoms with Gasteiger partial charge in [-0.2, -0.15) is 0 Å². The minimum Gasteiger partial charge on any atom is -0.465 e. The standard InChI is InChI=1S/C31H29FN2O5S/c1-3-38-30(36)25-21(23-14-9-15-40-23)17-22-26(28(25)35)24(18-10-8-11-19(32)16-18)27(31(37)39-4-2)29(33)34(22)20-12-6-5-7-13-20/h5-16,21,24-25H,3-4,17,33H2,1-2H3/t21-,24-,25+/m0/s1. The first-order valence-corrected chi connectivity index (χ1v) is 14.0. The van der Waals surface area contributed by atoms with Gasteiger partial charge in [0.2, 0.25) is 0 Å². The fourth-order valence-corrected chi connectivity index (χ4v) is 6.47. The van der Waals surface area contributed by atoms with Crippen LogP contribution in [0.4, 0.5) is 10.1 Å². The molecule has 2 N–H and O–H groups in total. The Bertz CT molecular complexity index is 1500. The highest BCUT2D eigenvalue weighted by atomic mass is 32.1. The predicted molar refractivity (Wildman–Crippen MR) is 150 cm³/mol. The Labute approximate surface area is 235 Å². The topological polar surface area (TPSA) is 98.9 Å². The quantitative estimate of drug-likeness (QED) is 0.305. The summed E-state index contributed by atoms with van der Waals surface area (Å²) < 4.78 is 25.4. The number of benzene rings is 2. The van der Waals surface area contributed by atoms with E-state index in [1.54, 1.807) is 24.8 Å². The molecule has 0 radical (unpaired) electrons. The van der Waals surface area contributed by atoms with Crippen LogP contribution in [0.15, 0.2) is 94.8 Å². The number of thiophene rings is 1. The van der Waals surface area contributed by atoms with Crippen LogP contribution in [0.3, 0.4) is 0 Å². The number of nitrogens with two attached hydrogens (primary N) is 1. The van der Waals surface area contributed by atoms with Gasteiger partial charge in [0.05, 0.1) is 24.7 Å². The van der Waals surface area contributed by atoms with E-state index in [2.05, 4.69) is 0 Å². The van der Waals surface area contributed by atoms with Gasteiger partial charge < -0.3 is 15.2 Å². The van der Waals surface area contributed by atoms with E-state index in [1.165, 1.54) is 29.5 Å². The Morgan fingerprint density at radius 2 is 1.77 bits per heavy atom. The maximum Gasteiger partial charge on any atom is 0.338 e. The van der Waals surface area contributed by atoms with Crippen LogP contribution in [0, 0.1) is 11.7 Å². The number of allylic oxidation sites excluding steroid dienone is 2. The van der Waals surface area contributed by atoms with Crippen molar-refractivity contribution >= 4 is 34.7 Å². The Morgan fingerprint density at radius 1 is 1.02 bits per heavy atom. The fraction of sp³-hybridized carbons (Fsp3) is 0.258. The number of carbonyl (C=O) groups excluding carboxylic acids is 3. The number of hydrogen-bond donors (Lipinski definition) is 1. The number of hydrogen-bond acceptors (Lipinski definition) is 8. The van der Waals surface area contributed by atoms with E-state index in [9.17, 15) is 18.8 Å². The number of rotatable bonds is 7. The largest absolute Gasteiger partial charge is 0.465 e. The highest BCUT2D eigenvalue weighted by Crippen LogP contribution is 2.52. The lowest BCUT2D eigenvalue weighted by Gasteiger charge is -2.43. The zero-order chi connectivity index (χ0) is 28.4. The van der Waals surface area contributed by atoms with Crippen molar-refractivity contribution in [2.24, 2.45) is 11.7 Å². The van der Waals surface area contributed by atoms with E-state index in [4.69, 9.17) is 15.2 Å². The number of halogens is 1. The van der Waals surface area contributed by atoms with Crippen molar-refractivity contribution in [3.8, 4) is 0 Å². The molecule has 40 heavy (non-hydrogen) atoms. The third-order valence-corrected chi connectivity index (χ3v) is 8.18. The van der Waals surface area contributed by atoms with Crippen LogP contribution in [0.5, 0.6) is 0 Å². The van der Waals surface area contributed by atoms with Crippen molar-refractivity contribution in [2.45, 2.75) is 32.1 Å². The molecule has 2 heterocycles. The fourth-order valence-electron chi connectivity index (χ4n) is 5.60. The molecule has 2 aromatic carbocycles. The van der Waals surface area contributed by atoms with Gasteiger partial charge in [-0.05, 0) is 61.5 Å². The van der Waals surface area contributed by atoms with Crippen molar-refractivity contribution in [2.75, 3.05) is 18.1 Å². The number of ether oxygens (including phenoxy) is 2. The summed E-state index contributed by atoms with van der Waals surface area (Å²) in [4.78, 5) is 44.0. The molecule has 3 atom stereocenters. The molecular weight excluding hydrogens is 531 g/mol. The van der Waals surface area contributed by atoms with Crippen LogP contribution in [-0.2, 0) is 23.9 Å². The molecule has 7 nitrogen and oxygen atoms in total. The summed E-state index contributed by atoms with van der Waals surface area (Å²) >= 11 is 1.45. The zero-order valence-corrected chi connectivity index (χ0v) is 23.0. The van der Waals surface area contributed by atoms with E-state index >= 15 is 0 Å². The van der Waals surface area contributed by atoms with Gasteiger partial charge in [0.25, 0.3) is 0 Å². The van der Waals surface area contributed by atoms with Crippen LogP contribution in [-0.4, -0.2) is 30.9 Å². The molecule has 0 bridgehead atoms. The van der Waals surface area contributed by atoms with Gasteiger partial charge >= 0.3 is 11.9 Å². The Kier molecular flexibility index (Phi) is 7.84. The number of anilines is 1. The number of carbonyl (C=O) groups is 3. The van der Waals surface area contributed by atoms with Gasteiger partial charge in [-0.25, -0.2) is 9.18 Å². The minimum absolute atomic E-state index is 0.0144. The summed E-state index contributed by atoms with van der Waals surface area (Å²) in [5, 5.41) is 1.89. The summed E-state index contributed by atoms with van der Waals surface area (Å²) in [5.41, 5.74) is 8.56. The summed E-state index contributed by atoms with van der Waals surface area (Å²) in [5.74, 6) is -4.99. The smallest absolute Gasteiger partial charge is 0.338 e. The third-order valence-electron chi connectivity index (χ3n) is 7.18. The third kappa shape index (κ3) is 4.81. The molecule has 5 rings (SSSR count). The molecule has 0 saturated carbocycles. The zero-order valence-electron chi connectivity index (χ0n) is 22.1. The van der Waals surface area contributed by atoms with Crippen LogP contribution in [0.1, 0.15) is 42.5 Å². The Balaban J connectivity index is 1.81. The van der Waals surface area contributed by atoms with E-state index in [0.717, 1.165) is 4.88 Å². The SMILES string of the molecule is CCOC(=O)C1=C(N)N(c2ccccc2)C2=C(C(=O)[C@H](C(=O)OCC)[C@H](c3cccs3)C2)[C@@H]1c1cccc(F)c1. The highest BCUT2D eigenvalue weighted by Gasteiger charge is 2.51. The number of ketones is 1. The Hall–Kier alpha value is -4.24. The van der Waals surface area contributed by atoms with E-state index in [1.807, 2.05) is 47.8 Å². The summed E-state index contributed by atoms with van der Waals surface area (Å²) in [6.07, 6.45) is 0.266. The molecule has 0 saturated heterocycles. The second-order valence-corrected chi connectivity index (χ2v) is 10.4. The summed E-state index contributed by atoms with van der Waals surface area (Å²) in [7, 11) is 0. The first-order valence-electron chi connectivity index (χ1n) is 13.1. The number of esters is 2. The van der Waals surface area contributed by atoms with E-state index in [-0.39, 0.29) is 36.6 Å². The van der Waals surface area contributed by atoms with Crippen LogP contribution >= 0.6 is 11.3 Å². The first kappa shape index (κ1) is 27.3. The molecule has 9 heteroatoms. The lowest BCUT2D eigenvalue weighted by atomic mass is 9.68. The van der Waals surface area contributed by atoms with Gasteiger partial charge in [0.1, 0.15) is 17.6 Å². The van der Waals surface area contributed by atoms with Gasteiger partial charge in [-0.15, -0.1) is 11.3 Å². The highest BCUT2D eigenvalue weighted by molar-refractivity contribution is 7.10. The molecular formula is C31H29FN2O5S. The normalized spacial score (nSPS) is 20.8. The molecule has 1 aliphatic heterocycles. The van der Waals surface area contributed by atoms with Crippen molar-refractivity contribution in [1.82, 2.24) is 0 Å². The van der Waals surface area contributed by atoms with Crippen molar-refractivity contribution < 1.29 is 28.2 Å². The summed E-state index contributed by atoms with van der Waals surface area (Å²) in [6, 6.07) is 18.6. The lowest BCUT2D eigenvalue weighted by molar-refractivity contribution is -0.152. The molecule has 2 aliphatic rings. The lowest BCUT2D eigenvalue weighted by Crippen LogP contribution is -2.46. The maximum atomic E-state index is 14.6. The van der Waals surface area contributed by atoms with Crippen LogP contribution in [0.25, 0.3) is 0 Å². The van der Waals surface area contributed by atoms with Crippen molar-refractivity contribution in [3.63, 3.8) is 0 Å². The molecule has 3 aromatic rings. The molecule has 0 amide bonds. The van der Waals surface area contributed by atoms with Crippen molar-refractivity contribution in [1.29, 1.82) is 0 Å². The molecule has 0 spiro atoms. The maximum absolute atomic E-state index is 14.6. The average molecular weight is 561 g/mol. The van der Waals surface area contributed by atoms with Crippen LogP contribution in [0.2, 0.25) is 0 Å². The number of Topliss-reactive ketones (excluding diaryl/α,β-unsaturated/α-hetero) is 1. The molecule has 0 unspecified atom stereocenters. The monoisotopic (exact) mass is 560 g/mol. The Morgan fingerprint density at radius 3 is 2.42 bits per heavy atom. The molecule has 1 aromatic heterocycles. The van der Waals surface area contributed by atoms with E-state index < -0.39 is 41.3 Å². The van der Waals surface area contributed by atoms with Crippen LogP contribution < -0.4 is 10.6 Å².